The van der Waals surface area contributed by atoms with Crippen molar-refractivity contribution in [3.8, 4) is 0 Å². The molecule has 8 heteroatoms. The Labute approximate surface area is 114 Å². The van der Waals surface area contributed by atoms with Crippen LogP contribution < -0.4 is 10.6 Å². The minimum atomic E-state index is -2.60. The molecule has 2 N–H and O–H groups in total. The molecular weight excluding hydrogens is 268 g/mol. The van der Waals surface area contributed by atoms with Crippen LogP contribution in [0.2, 0.25) is 0 Å². The maximum absolute atomic E-state index is 12.6. The number of nitrogens with one attached hydrogen (secondary N) is 2. The Balaban J connectivity index is 1.86. The predicted octanol–water partition coefficient (Wildman–Crippen LogP) is 1.74. The van der Waals surface area contributed by atoms with Gasteiger partial charge in [-0.25, -0.2) is 4.98 Å². The molecule has 108 valence electrons. The quantitative estimate of drug-likeness (QED) is 0.648. The molecule has 0 fully saturated rings. The van der Waals surface area contributed by atoms with Crippen LogP contribution in [-0.4, -0.2) is 22.6 Å². The number of nitrogens with zero attached hydrogens (tertiary/aromatic N) is 3. The van der Waals surface area contributed by atoms with Crippen LogP contribution in [0.25, 0.3) is 0 Å². The molecule has 20 heavy (non-hydrogen) atoms. The lowest BCUT2D eigenvalue weighted by Gasteiger charge is -2.11. The molecule has 0 aliphatic rings. The van der Waals surface area contributed by atoms with Crippen LogP contribution in [0.4, 0.5) is 8.78 Å². The Bertz CT molecular complexity index is 550. The summed E-state index contributed by atoms with van der Waals surface area (Å²) in [5.41, 5.74) is 0. The highest BCUT2D eigenvalue weighted by atomic mass is 19.3. The number of imidazole rings is 1. The van der Waals surface area contributed by atoms with Gasteiger partial charge in [-0.1, -0.05) is 0 Å². The van der Waals surface area contributed by atoms with E-state index in [9.17, 15) is 8.78 Å². The van der Waals surface area contributed by atoms with Crippen molar-refractivity contribution in [2.24, 2.45) is 4.99 Å². The van der Waals surface area contributed by atoms with E-state index in [1.807, 2.05) is 6.07 Å². The molecule has 2 aromatic rings. The van der Waals surface area contributed by atoms with Crippen molar-refractivity contribution < 1.29 is 13.2 Å². The van der Waals surface area contributed by atoms with E-state index in [4.69, 9.17) is 4.42 Å². The fourth-order valence-electron chi connectivity index (χ4n) is 1.63. The summed E-state index contributed by atoms with van der Waals surface area (Å²) in [6.45, 7) is -2.00. The lowest BCUT2D eigenvalue weighted by molar-refractivity contribution is 0.0668. The predicted molar refractivity (Wildman–Crippen MR) is 69.2 cm³/mol. The molecule has 0 saturated heterocycles. The number of guanidine groups is 1. The Kier molecular flexibility index (Phi) is 4.70. The smallest absolute Gasteiger partial charge is 0.319 e. The highest BCUT2D eigenvalue weighted by molar-refractivity contribution is 5.79. The molecule has 0 radical (unpaired) electrons. The molecule has 2 heterocycles. The van der Waals surface area contributed by atoms with Crippen molar-refractivity contribution >= 4 is 5.96 Å². The Morgan fingerprint density at radius 1 is 1.45 bits per heavy atom. The van der Waals surface area contributed by atoms with Crippen LogP contribution in [0, 0.1) is 0 Å². The number of aliphatic imine (C=N–C) groups is 1. The molecule has 0 aliphatic heterocycles. The van der Waals surface area contributed by atoms with Crippen molar-refractivity contribution in [1.82, 2.24) is 20.2 Å². The molecule has 6 nitrogen and oxygen atoms in total. The fraction of sp³-hybridized carbons (Fsp3) is 0.333. The molecule has 0 amide bonds. The van der Waals surface area contributed by atoms with Crippen LogP contribution in [0.3, 0.4) is 0 Å². The number of aromatic nitrogens is 2. The van der Waals surface area contributed by atoms with Crippen molar-refractivity contribution in [1.29, 1.82) is 0 Å². The topological polar surface area (TPSA) is 67.4 Å². The van der Waals surface area contributed by atoms with Crippen LogP contribution in [0.5, 0.6) is 0 Å². The monoisotopic (exact) mass is 283 g/mol. The molecule has 0 aliphatic carbocycles. The number of alkyl halides is 2. The minimum absolute atomic E-state index is 0.148. The van der Waals surface area contributed by atoms with Gasteiger partial charge in [-0.2, -0.15) is 8.78 Å². The van der Waals surface area contributed by atoms with Crippen LogP contribution in [0.1, 0.15) is 18.1 Å². The van der Waals surface area contributed by atoms with Gasteiger partial charge >= 0.3 is 6.55 Å². The van der Waals surface area contributed by atoms with Gasteiger partial charge in [-0.3, -0.25) is 9.56 Å². The summed E-state index contributed by atoms with van der Waals surface area (Å²) in [6, 6.07) is 3.61. The first-order valence-corrected chi connectivity index (χ1v) is 5.97. The Hall–Kier alpha value is -2.38. The van der Waals surface area contributed by atoms with Gasteiger partial charge in [0, 0.05) is 19.4 Å². The van der Waals surface area contributed by atoms with Gasteiger partial charge in [0.05, 0.1) is 19.4 Å². The third-order valence-electron chi connectivity index (χ3n) is 2.61. The highest BCUT2D eigenvalue weighted by Crippen LogP contribution is 2.11. The molecule has 0 unspecified atom stereocenters. The van der Waals surface area contributed by atoms with E-state index in [0.29, 0.717) is 12.5 Å². The average Bonchev–Trinajstić information content (AvgIpc) is 3.09. The summed E-state index contributed by atoms with van der Waals surface area (Å²) in [5, 5.41) is 5.91. The SMILES string of the molecule is CN=C(NCc1ccco1)NCc1nccn1C(F)F. The second kappa shape index (κ2) is 6.69. The van der Waals surface area contributed by atoms with E-state index in [2.05, 4.69) is 20.6 Å². The molecule has 0 aromatic carbocycles. The first-order valence-electron chi connectivity index (χ1n) is 5.97. The third kappa shape index (κ3) is 3.56. The molecule has 0 spiro atoms. The average molecular weight is 283 g/mol. The van der Waals surface area contributed by atoms with Gasteiger partial charge in [0.1, 0.15) is 11.6 Å². The lowest BCUT2D eigenvalue weighted by Crippen LogP contribution is -2.36. The van der Waals surface area contributed by atoms with Crippen molar-refractivity contribution in [2.45, 2.75) is 19.6 Å². The highest BCUT2D eigenvalue weighted by Gasteiger charge is 2.11. The summed E-state index contributed by atoms with van der Waals surface area (Å²) >= 11 is 0. The number of hydrogen-bond acceptors (Lipinski definition) is 3. The summed E-state index contributed by atoms with van der Waals surface area (Å²) in [7, 11) is 1.59. The lowest BCUT2D eigenvalue weighted by atomic mass is 10.4. The zero-order valence-electron chi connectivity index (χ0n) is 10.9. The van der Waals surface area contributed by atoms with E-state index in [1.54, 1.807) is 19.4 Å². The minimum Gasteiger partial charge on any atom is -0.467 e. The second-order valence-electron chi connectivity index (χ2n) is 3.89. The van der Waals surface area contributed by atoms with E-state index in [-0.39, 0.29) is 12.4 Å². The van der Waals surface area contributed by atoms with E-state index in [0.717, 1.165) is 10.3 Å². The van der Waals surface area contributed by atoms with Gasteiger partial charge < -0.3 is 15.1 Å². The van der Waals surface area contributed by atoms with Gasteiger partial charge in [0.25, 0.3) is 0 Å². The summed E-state index contributed by atoms with van der Waals surface area (Å²) in [6.07, 6.45) is 4.15. The number of furan rings is 1. The molecule has 0 bridgehead atoms. The summed E-state index contributed by atoms with van der Waals surface area (Å²) in [4.78, 5) is 7.86. The van der Waals surface area contributed by atoms with Crippen LogP contribution >= 0.6 is 0 Å². The maximum Gasteiger partial charge on any atom is 0.319 e. The molecular formula is C12H15F2N5O. The van der Waals surface area contributed by atoms with Gasteiger partial charge in [-0.05, 0) is 12.1 Å². The van der Waals surface area contributed by atoms with E-state index in [1.165, 1.54) is 12.4 Å². The molecule has 0 saturated carbocycles. The van der Waals surface area contributed by atoms with Crippen molar-refractivity contribution in [2.75, 3.05) is 7.05 Å². The normalized spacial score (nSPS) is 11.9. The molecule has 2 aromatic heterocycles. The maximum atomic E-state index is 12.6. The van der Waals surface area contributed by atoms with Crippen LogP contribution in [-0.2, 0) is 13.1 Å². The van der Waals surface area contributed by atoms with Gasteiger partial charge in [-0.15, -0.1) is 0 Å². The number of rotatable bonds is 5. The summed E-state index contributed by atoms with van der Waals surface area (Å²) < 4.78 is 31.2. The Morgan fingerprint density at radius 3 is 2.90 bits per heavy atom. The number of hydrogen-bond donors (Lipinski definition) is 2. The second-order valence-corrected chi connectivity index (χ2v) is 3.89. The fourth-order valence-corrected chi connectivity index (χ4v) is 1.63. The summed E-state index contributed by atoms with van der Waals surface area (Å²) in [5.74, 6) is 1.47. The van der Waals surface area contributed by atoms with Crippen molar-refractivity contribution in [3.05, 3.63) is 42.4 Å². The van der Waals surface area contributed by atoms with E-state index < -0.39 is 6.55 Å². The zero-order valence-corrected chi connectivity index (χ0v) is 10.9. The zero-order chi connectivity index (χ0) is 14.4. The Morgan fingerprint density at radius 2 is 2.25 bits per heavy atom. The first-order chi connectivity index (χ1) is 9.70. The van der Waals surface area contributed by atoms with Crippen molar-refractivity contribution in [3.63, 3.8) is 0 Å². The first kappa shape index (κ1) is 14.0. The van der Waals surface area contributed by atoms with E-state index >= 15 is 0 Å². The van der Waals surface area contributed by atoms with Gasteiger partial charge in [0.2, 0.25) is 0 Å². The standard InChI is InChI=1S/C12H15F2N5O/c1-15-12(17-7-9-3-2-6-20-9)18-8-10-16-4-5-19(10)11(13)14/h2-6,11H,7-8H2,1H3,(H2,15,17,18). The molecule has 0 atom stereocenters. The largest absolute Gasteiger partial charge is 0.467 e. The van der Waals surface area contributed by atoms with Gasteiger partial charge in [0.15, 0.2) is 5.96 Å². The third-order valence-corrected chi connectivity index (χ3v) is 2.61. The molecule has 2 rings (SSSR count). The van der Waals surface area contributed by atoms with Crippen LogP contribution in [0.15, 0.2) is 40.2 Å². The number of halogens is 2.